The molecule has 0 aliphatic carbocycles. The first kappa shape index (κ1) is 15.6. The molecular formula is C16H23NO4. The molecule has 0 spiro atoms. The van der Waals surface area contributed by atoms with Crippen molar-refractivity contribution in [1.29, 1.82) is 0 Å². The van der Waals surface area contributed by atoms with Crippen LogP contribution in [0.2, 0.25) is 0 Å². The number of carboxylic acids is 1. The van der Waals surface area contributed by atoms with Crippen LogP contribution in [-0.4, -0.2) is 36.4 Å². The van der Waals surface area contributed by atoms with Gasteiger partial charge in [-0.05, 0) is 30.7 Å². The number of methoxy groups -OCH3 is 1. The van der Waals surface area contributed by atoms with Crippen molar-refractivity contribution in [3.63, 3.8) is 0 Å². The maximum Gasteiger partial charge on any atom is 0.329 e. The molecule has 1 heterocycles. The Bertz CT molecular complexity index is 472. The predicted octanol–water partition coefficient (Wildman–Crippen LogP) is 2.91. The Morgan fingerprint density at radius 3 is 2.76 bits per heavy atom. The van der Waals surface area contributed by atoms with E-state index in [-0.39, 0.29) is 6.10 Å². The van der Waals surface area contributed by atoms with Crippen molar-refractivity contribution in [2.75, 3.05) is 19.0 Å². The number of benzene rings is 1. The monoisotopic (exact) mass is 293 g/mol. The standard InChI is InChI=1S/C16H23NO4/c1-3-4-14-11-16(15(18)19,9-10-21-14)17-12-5-7-13(20-2)8-6-12/h5-8,14,17H,3-4,9-11H2,1-2H3,(H,18,19). The largest absolute Gasteiger partial charge is 0.497 e. The SMILES string of the molecule is CCCC1CC(Nc2ccc(OC)cc2)(C(=O)O)CCO1. The normalized spacial score (nSPS) is 25.3. The molecule has 116 valence electrons. The van der Waals surface area contributed by atoms with Crippen molar-refractivity contribution in [2.45, 2.75) is 44.2 Å². The maximum absolute atomic E-state index is 11.8. The van der Waals surface area contributed by atoms with Crippen LogP contribution in [0.4, 0.5) is 5.69 Å². The van der Waals surface area contributed by atoms with E-state index in [9.17, 15) is 9.90 Å². The van der Waals surface area contributed by atoms with Gasteiger partial charge in [-0.3, -0.25) is 0 Å². The second-order valence-corrected chi connectivity index (χ2v) is 5.48. The number of hydrogen-bond acceptors (Lipinski definition) is 4. The van der Waals surface area contributed by atoms with Crippen LogP contribution in [0.1, 0.15) is 32.6 Å². The van der Waals surface area contributed by atoms with Gasteiger partial charge in [-0.1, -0.05) is 13.3 Å². The molecule has 2 unspecified atom stereocenters. The van der Waals surface area contributed by atoms with Crippen molar-refractivity contribution in [2.24, 2.45) is 0 Å². The molecule has 1 aliphatic heterocycles. The average Bonchev–Trinajstić information content (AvgIpc) is 2.48. The molecular weight excluding hydrogens is 270 g/mol. The van der Waals surface area contributed by atoms with E-state index in [1.807, 2.05) is 24.3 Å². The quantitative estimate of drug-likeness (QED) is 0.844. The van der Waals surface area contributed by atoms with Gasteiger partial charge < -0.3 is 19.9 Å². The summed E-state index contributed by atoms with van der Waals surface area (Å²) in [6, 6.07) is 7.32. The summed E-state index contributed by atoms with van der Waals surface area (Å²) in [7, 11) is 1.61. The minimum atomic E-state index is -0.952. The van der Waals surface area contributed by atoms with E-state index in [0.29, 0.717) is 19.4 Å². The van der Waals surface area contributed by atoms with Gasteiger partial charge >= 0.3 is 5.97 Å². The zero-order valence-electron chi connectivity index (χ0n) is 12.6. The van der Waals surface area contributed by atoms with Crippen LogP contribution in [0.3, 0.4) is 0 Å². The first-order valence-corrected chi connectivity index (χ1v) is 7.37. The number of ether oxygens (including phenoxy) is 2. The Morgan fingerprint density at radius 1 is 1.48 bits per heavy atom. The first-order valence-electron chi connectivity index (χ1n) is 7.37. The van der Waals surface area contributed by atoms with Crippen LogP contribution >= 0.6 is 0 Å². The number of hydrogen-bond donors (Lipinski definition) is 2. The lowest BCUT2D eigenvalue weighted by Gasteiger charge is -2.39. The summed E-state index contributed by atoms with van der Waals surface area (Å²) in [4.78, 5) is 11.8. The summed E-state index contributed by atoms with van der Waals surface area (Å²) in [5.41, 5.74) is -0.164. The summed E-state index contributed by atoms with van der Waals surface area (Å²) in [5, 5.41) is 12.9. The van der Waals surface area contributed by atoms with Crippen LogP contribution in [-0.2, 0) is 9.53 Å². The molecule has 2 rings (SSSR count). The summed E-state index contributed by atoms with van der Waals surface area (Å²) in [6.45, 7) is 2.55. The van der Waals surface area contributed by atoms with Crippen LogP contribution < -0.4 is 10.1 Å². The number of carboxylic acid groups (broad SMARTS) is 1. The molecule has 0 radical (unpaired) electrons. The molecule has 5 heteroatoms. The topological polar surface area (TPSA) is 67.8 Å². The minimum Gasteiger partial charge on any atom is -0.497 e. The Kier molecular flexibility index (Phi) is 5.07. The molecule has 0 aromatic heterocycles. The number of anilines is 1. The molecule has 2 N–H and O–H groups in total. The molecule has 5 nitrogen and oxygen atoms in total. The molecule has 21 heavy (non-hydrogen) atoms. The molecule has 1 aliphatic rings. The van der Waals surface area contributed by atoms with E-state index < -0.39 is 11.5 Å². The van der Waals surface area contributed by atoms with Crippen LogP contribution in [0.5, 0.6) is 5.75 Å². The lowest BCUT2D eigenvalue weighted by Crippen LogP contribution is -2.53. The molecule has 1 aromatic rings. The summed E-state index contributed by atoms with van der Waals surface area (Å²) in [5.74, 6) is -0.0662. The van der Waals surface area contributed by atoms with E-state index in [1.54, 1.807) is 7.11 Å². The number of aliphatic carboxylic acids is 1. The van der Waals surface area contributed by atoms with Crippen LogP contribution in [0.15, 0.2) is 24.3 Å². The highest BCUT2D eigenvalue weighted by molar-refractivity contribution is 5.83. The molecule has 1 saturated heterocycles. The number of nitrogens with one attached hydrogen (secondary N) is 1. The third kappa shape index (κ3) is 3.67. The molecule has 0 bridgehead atoms. The summed E-state index contributed by atoms with van der Waals surface area (Å²) >= 11 is 0. The predicted molar refractivity (Wildman–Crippen MR) is 80.9 cm³/mol. The van der Waals surface area contributed by atoms with Gasteiger partial charge in [0.15, 0.2) is 0 Å². The Hall–Kier alpha value is -1.75. The van der Waals surface area contributed by atoms with Crippen LogP contribution in [0, 0.1) is 0 Å². The van der Waals surface area contributed by atoms with Crippen molar-refractivity contribution < 1.29 is 19.4 Å². The smallest absolute Gasteiger partial charge is 0.329 e. The lowest BCUT2D eigenvalue weighted by atomic mass is 9.85. The Morgan fingerprint density at radius 2 is 2.19 bits per heavy atom. The van der Waals surface area contributed by atoms with Gasteiger partial charge in [0, 0.05) is 25.1 Å². The van der Waals surface area contributed by atoms with Gasteiger partial charge in [-0.15, -0.1) is 0 Å². The second-order valence-electron chi connectivity index (χ2n) is 5.48. The maximum atomic E-state index is 11.8. The third-order valence-corrected chi connectivity index (χ3v) is 3.95. The zero-order valence-corrected chi connectivity index (χ0v) is 12.6. The number of rotatable bonds is 6. The van der Waals surface area contributed by atoms with Gasteiger partial charge in [0.2, 0.25) is 0 Å². The minimum absolute atomic E-state index is 0.00518. The Balaban J connectivity index is 2.15. The molecule has 0 amide bonds. The molecule has 2 atom stereocenters. The average molecular weight is 293 g/mol. The highest BCUT2D eigenvalue weighted by Gasteiger charge is 2.43. The summed E-state index contributed by atoms with van der Waals surface area (Å²) < 4.78 is 10.8. The van der Waals surface area contributed by atoms with Gasteiger partial charge in [0.05, 0.1) is 13.2 Å². The van der Waals surface area contributed by atoms with E-state index in [4.69, 9.17) is 9.47 Å². The van der Waals surface area contributed by atoms with Crippen LogP contribution in [0.25, 0.3) is 0 Å². The zero-order chi connectivity index (χ0) is 15.3. The molecule has 1 aromatic carbocycles. The van der Waals surface area contributed by atoms with E-state index in [1.165, 1.54) is 0 Å². The third-order valence-electron chi connectivity index (χ3n) is 3.95. The molecule has 0 saturated carbocycles. The van der Waals surface area contributed by atoms with Gasteiger partial charge in [-0.25, -0.2) is 4.79 Å². The van der Waals surface area contributed by atoms with E-state index >= 15 is 0 Å². The van der Waals surface area contributed by atoms with Gasteiger partial charge in [0.25, 0.3) is 0 Å². The highest BCUT2D eigenvalue weighted by atomic mass is 16.5. The van der Waals surface area contributed by atoms with Gasteiger partial charge in [0.1, 0.15) is 11.3 Å². The fourth-order valence-electron chi connectivity index (χ4n) is 2.77. The van der Waals surface area contributed by atoms with Crippen molar-refractivity contribution >= 4 is 11.7 Å². The number of carbonyl (C=O) groups is 1. The van der Waals surface area contributed by atoms with Gasteiger partial charge in [-0.2, -0.15) is 0 Å². The Labute approximate surface area is 125 Å². The summed E-state index contributed by atoms with van der Waals surface area (Å²) in [6.07, 6.45) is 2.84. The highest BCUT2D eigenvalue weighted by Crippen LogP contribution is 2.31. The second kappa shape index (κ2) is 6.80. The fraction of sp³-hybridized carbons (Fsp3) is 0.562. The van der Waals surface area contributed by atoms with E-state index in [2.05, 4.69) is 12.2 Å². The van der Waals surface area contributed by atoms with Crippen molar-refractivity contribution in [1.82, 2.24) is 0 Å². The van der Waals surface area contributed by atoms with Crippen molar-refractivity contribution in [3.8, 4) is 5.75 Å². The molecule has 1 fully saturated rings. The lowest BCUT2D eigenvalue weighted by molar-refractivity contribution is -0.148. The fourth-order valence-corrected chi connectivity index (χ4v) is 2.77. The van der Waals surface area contributed by atoms with E-state index in [0.717, 1.165) is 24.3 Å². The first-order chi connectivity index (χ1) is 10.1. The van der Waals surface area contributed by atoms with Crippen molar-refractivity contribution in [3.05, 3.63) is 24.3 Å².